The van der Waals surface area contributed by atoms with Gasteiger partial charge in [0.2, 0.25) is 0 Å². The van der Waals surface area contributed by atoms with Crippen LogP contribution in [0.3, 0.4) is 0 Å². The lowest BCUT2D eigenvalue weighted by molar-refractivity contribution is 0.0174. The van der Waals surface area contributed by atoms with Crippen molar-refractivity contribution in [2.24, 2.45) is 0 Å². The van der Waals surface area contributed by atoms with Crippen molar-refractivity contribution in [2.45, 2.75) is 45.1 Å². The summed E-state index contributed by atoms with van der Waals surface area (Å²) in [6.45, 7) is 4.24. The highest BCUT2D eigenvalue weighted by Crippen LogP contribution is 2.32. The van der Waals surface area contributed by atoms with Gasteiger partial charge in [0.15, 0.2) is 0 Å². The van der Waals surface area contributed by atoms with E-state index in [0.717, 1.165) is 31.2 Å². The minimum absolute atomic E-state index is 0.566. The van der Waals surface area contributed by atoms with E-state index in [1.165, 1.54) is 0 Å². The maximum Gasteiger partial charge on any atom is 0.0904 e. The molecule has 2 heteroatoms. The lowest BCUT2D eigenvalue weighted by Gasteiger charge is -2.26. The molecule has 0 radical (unpaired) electrons. The molecule has 0 fully saturated rings. The third-order valence-corrected chi connectivity index (χ3v) is 3.07. The average Bonchev–Trinajstić information content (AvgIpc) is 2.57. The number of hydrogen-bond donors (Lipinski definition) is 1. The van der Waals surface area contributed by atoms with Crippen LogP contribution in [0.4, 0.5) is 0 Å². The van der Waals surface area contributed by atoms with Gasteiger partial charge in [0.1, 0.15) is 0 Å². The van der Waals surface area contributed by atoms with Gasteiger partial charge < -0.3 is 5.11 Å². The first-order valence-electron chi connectivity index (χ1n) is 4.98. The third-order valence-electron chi connectivity index (χ3n) is 2.39. The molecule has 0 amide bonds. The van der Waals surface area contributed by atoms with E-state index >= 15 is 0 Å². The van der Waals surface area contributed by atoms with Crippen LogP contribution in [0.25, 0.3) is 0 Å². The first-order valence-corrected chi connectivity index (χ1v) is 5.92. The lowest BCUT2D eigenvalue weighted by Crippen LogP contribution is -2.24. The Balaban J connectivity index is 2.78. The summed E-state index contributed by atoms with van der Waals surface area (Å²) in [5.41, 5.74) is 0.532. The van der Waals surface area contributed by atoms with Crippen LogP contribution >= 0.6 is 11.3 Å². The molecule has 0 aliphatic heterocycles. The minimum Gasteiger partial charge on any atom is -0.385 e. The molecule has 1 aromatic rings. The summed E-state index contributed by atoms with van der Waals surface area (Å²) < 4.78 is 0. The van der Waals surface area contributed by atoms with Crippen LogP contribution in [0.1, 0.15) is 45.1 Å². The Kier molecular flexibility index (Phi) is 3.94. The predicted molar refractivity (Wildman–Crippen MR) is 58.0 cm³/mol. The first kappa shape index (κ1) is 10.7. The molecule has 1 aromatic heterocycles. The summed E-state index contributed by atoms with van der Waals surface area (Å²) in [5, 5.41) is 14.5. The van der Waals surface area contributed by atoms with E-state index in [1.54, 1.807) is 11.3 Å². The van der Waals surface area contributed by atoms with Gasteiger partial charge >= 0.3 is 0 Å². The lowest BCUT2D eigenvalue weighted by atomic mass is 9.87. The van der Waals surface area contributed by atoms with E-state index in [1.807, 2.05) is 11.4 Å². The topological polar surface area (TPSA) is 20.2 Å². The van der Waals surface area contributed by atoms with Gasteiger partial charge in [0, 0.05) is 0 Å². The highest BCUT2D eigenvalue weighted by atomic mass is 32.1. The zero-order valence-corrected chi connectivity index (χ0v) is 9.23. The van der Waals surface area contributed by atoms with Crippen molar-refractivity contribution in [2.75, 3.05) is 0 Å². The van der Waals surface area contributed by atoms with E-state index in [2.05, 4.69) is 19.2 Å². The van der Waals surface area contributed by atoms with Gasteiger partial charge in [-0.2, -0.15) is 11.3 Å². The summed E-state index contributed by atoms with van der Waals surface area (Å²) in [4.78, 5) is 0. The highest BCUT2D eigenvalue weighted by molar-refractivity contribution is 7.08. The minimum atomic E-state index is -0.566. The zero-order chi connectivity index (χ0) is 9.73. The zero-order valence-electron chi connectivity index (χ0n) is 8.42. The second kappa shape index (κ2) is 4.77. The summed E-state index contributed by atoms with van der Waals surface area (Å²) >= 11 is 1.66. The molecule has 0 saturated carbocycles. The first-order chi connectivity index (χ1) is 6.23. The Hall–Kier alpha value is -0.340. The average molecular weight is 198 g/mol. The van der Waals surface area contributed by atoms with Crippen LogP contribution < -0.4 is 0 Å². The van der Waals surface area contributed by atoms with Gasteiger partial charge in [-0.25, -0.2) is 0 Å². The molecular formula is C11H18OS. The SMILES string of the molecule is CCCC(O)(CCC)c1ccsc1. The normalized spacial score (nSPS) is 11.9. The fourth-order valence-electron chi connectivity index (χ4n) is 1.77. The molecule has 0 saturated heterocycles. The molecular weight excluding hydrogens is 180 g/mol. The summed E-state index contributed by atoms with van der Waals surface area (Å²) in [6, 6.07) is 2.04. The summed E-state index contributed by atoms with van der Waals surface area (Å²) in [6.07, 6.45) is 3.81. The third kappa shape index (κ3) is 2.55. The van der Waals surface area contributed by atoms with E-state index < -0.39 is 5.60 Å². The Morgan fingerprint density at radius 1 is 1.31 bits per heavy atom. The molecule has 0 unspecified atom stereocenters. The second-order valence-corrected chi connectivity index (χ2v) is 4.32. The molecule has 0 aromatic carbocycles. The maximum atomic E-state index is 10.4. The fourth-order valence-corrected chi connectivity index (χ4v) is 2.52. The molecule has 1 nitrogen and oxygen atoms in total. The summed E-state index contributed by atoms with van der Waals surface area (Å²) in [5.74, 6) is 0. The van der Waals surface area contributed by atoms with Crippen molar-refractivity contribution in [3.05, 3.63) is 22.4 Å². The number of rotatable bonds is 5. The fraction of sp³-hybridized carbons (Fsp3) is 0.636. The Labute approximate surface area is 84.4 Å². The molecule has 0 bridgehead atoms. The molecule has 0 spiro atoms. The van der Waals surface area contributed by atoms with Crippen molar-refractivity contribution >= 4 is 11.3 Å². The monoisotopic (exact) mass is 198 g/mol. The van der Waals surface area contributed by atoms with Gasteiger partial charge in [0.05, 0.1) is 5.60 Å². The summed E-state index contributed by atoms with van der Waals surface area (Å²) in [7, 11) is 0. The van der Waals surface area contributed by atoms with Crippen molar-refractivity contribution in [3.63, 3.8) is 0 Å². The van der Waals surface area contributed by atoms with Crippen molar-refractivity contribution in [3.8, 4) is 0 Å². The van der Waals surface area contributed by atoms with Crippen LogP contribution in [0.15, 0.2) is 16.8 Å². The van der Waals surface area contributed by atoms with Crippen LogP contribution in [0.5, 0.6) is 0 Å². The van der Waals surface area contributed by atoms with Gasteiger partial charge in [-0.3, -0.25) is 0 Å². The second-order valence-electron chi connectivity index (χ2n) is 3.54. The molecule has 0 aliphatic carbocycles. The highest BCUT2D eigenvalue weighted by Gasteiger charge is 2.27. The van der Waals surface area contributed by atoms with Crippen molar-refractivity contribution in [1.82, 2.24) is 0 Å². The number of hydrogen-bond acceptors (Lipinski definition) is 2. The quantitative estimate of drug-likeness (QED) is 0.767. The van der Waals surface area contributed by atoms with Crippen LogP contribution in [0.2, 0.25) is 0 Å². The van der Waals surface area contributed by atoms with Crippen molar-refractivity contribution < 1.29 is 5.11 Å². The Morgan fingerprint density at radius 3 is 2.31 bits per heavy atom. The van der Waals surface area contributed by atoms with Gasteiger partial charge in [-0.1, -0.05) is 26.7 Å². The molecule has 0 aliphatic rings. The van der Waals surface area contributed by atoms with Crippen molar-refractivity contribution in [1.29, 1.82) is 0 Å². The van der Waals surface area contributed by atoms with Gasteiger partial charge in [-0.15, -0.1) is 0 Å². The maximum absolute atomic E-state index is 10.4. The molecule has 1 N–H and O–H groups in total. The smallest absolute Gasteiger partial charge is 0.0904 e. The number of thiophene rings is 1. The van der Waals surface area contributed by atoms with Crippen LogP contribution in [-0.4, -0.2) is 5.11 Å². The Morgan fingerprint density at radius 2 is 1.92 bits per heavy atom. The van der Waals surface area contributed by atoms with Crippen LogP contribution in [0, 0.1) is 0 Å². The van der Waals surface area contributed by atoms with Gasteiger partial charge in [0.25, 0.3) is 0 Å². The van der Waals surface area contributed by atoms with E-state index in [4.69, 9.17) is 0 Å². The molecule has 1 heterocycles. The largest absolute Gasteiger partial charge is 0.385 e. The van der Waals surface area contributed by atoms with E-state index in [9.17, 15) is 5.11 Å². The van der Waals surface area contributed by atoms with E-state index in [-0.39, 0.29) is 0 Å². The standard InChI is InChI=1S/C11H18OS/c1-3-6-11(12,7-4-2)10-5-8-13-9-10/h5,8-9,12H,3-4,6-7H2,1-2H3. The molecule has 0 atom stereocenters. The molecule has 13 heavy (non-hydrogen) atoms. The molecule has 1 rings (SSSR count). The predicted octanol–water partition coefficient (Wildman–Crippen LogP) is 3.54. The number of aliphatic hydroxyl groups is 1. The van der Waals surface area contributed by atoms with Crippen LogP contribution in [-0.2, 0) is 5.60 Å². The van der Waals surface area contributed by atoms with E-state index in [0.29, 0.717) is 0 Å². The Bertz CT molecular complexity index is 222. The van der Waals surface area contributed by atoms with Gasteiger partial charge in [-0.05, 0) is 35.2 Å². The molecule has 74 valence electrons.